The maximum atomic E-state index is 5.97. The lowest BCUT2D eigenvalue weighted by Gasteiger charge is -2.09. The van der Waals surface area contributed by atoms with Crippen molar-refractivity contribution in [3.8, 4) is 16.9 Å². The third-order valence-electron chi connectivity index (χ3n) is 2.43. The maximum Gasteiger partial charge on any atom is 0.171 e. The smallest absolute Gasteiger partial charge is 0.171 e. The lowest BCUT2D eigenvalue weighted by Crippen LogP contribution is -1.91. The molecular weight excluding hydrogens is 222 g/mol. The van der Waals surface area contributed by atoms with Gasteiger partial charge in [0.25, 0.3) is 0 Å². The number of benzene rings is 1. The van der Waals surface area contributed by atoms with E-state index in [2.05, 4.69) is 24.0 Å². The van der Waals surface area contributed by atoms with Crippen LogP contribution in [0, 0.1) is 6.92 Å². The summed E-state index contributed by atoms with van der Waals surface area (Å²) in [5.41, 5.74) is 3.26. The van der Waals surface area contributed by atoms with Crippen molar-refractivity contribution >= 4 is 11.6 Å². The van der Waals surface area contributed by atoms with Gasteiger partial charge in [0.1, 0.15) is 0 Å². The Hall–Kier alpha value is -1.54. The van der Waals surface area contributed by atoms with Gasteiger partial charge in [-0.3, -0.25) is 0 Å². The van der Waals surface area contributed by atoms with E-state index in [9.17, 15) is 0 Å². The Morgan fingerprint density at radius 3 is 2.44 bits per heavy atom. The van der Waals surface area contributed by atoms with Gasteiger partial charge in [0.2, 0.25) is 0 Å². The van der Waals surface area contributed by atoms with Crippen LogP contribution in [0.1, 0.15) is 5.56 Å². The van der Waals surface area contributed by atoms with Crippen molar-refractivity contribution in [2.24, 2.45) is 0 Å². The Balaban J connectivity index is 2.55. The van der Waals surface area contributed by atoms with Crippen molar-refractivity contribution in [3.63, 3.8) is 0 Å². The number of methoxy groups -OCH3 is 1. The van der Waals surface area contributed by atoms with E-state index in [0.29, 0.717) is 10.9 Å². The molecule has 2 rings (SSSR count). The van der Waals surface area contributed by atoms with Crippen molar-refractivity contribution in [2.75, 3.05) is 7.11 Å². The molecule has 1 aromatic carbocycles. The molecule has 0 amide bonds. The average Bonchev–Trinajstić information content (AvgIpc) is 2.30. The van der Waals surface area contributed by atoms with E-state index in [1.807, 2.05) is 18.2 Å². The minimum absolute atomic E-state index is 0.389. The van der Waals surface area contributed by atoms with Crippen LogP contribution in [0.4, 0.5) is 0 Å². The normalized spacial score (nSPS) is 10.2. The van der Waals surface area contributed by atoms with Crippen molar-refractivity contribution in [1.82, 2.24) is 4.98 Å². The summed E-state index contributed by atoms with van der Waals surface area (Å²) >= 11 is 5.97. The zero-order valence-electron chi connectivity index (χ0n) is 9.20. The number of aromatic nitrogens is 1. The Kier molecular flexibility index (Phi) is 3.11. The topological polar surface area (TPSA) is 22.1 Å². The SMILES string of the molecule is COc1c(-c2ccc(C)cc2)ccnc1Cl. The van der Waals surface area contributed by atoms with Crippen LogP contribution in [0.25, 0.3) is 11.1 Å². The lowest BCUT2D eigenvalue weighted by molar-refractivity contribution is 0.415. The number of halogens is 1. The predicted octanol–water partition coefficient (Wildman–Crippen LogP) is 3.72. The van der Waals surface area contributed by atoms with Crippen LogP contribution in [-0.4, -0.2) is 12.1 Å². The summed E-state index contributed by atoms with van der Waals surface area (Å²) in [4.78, 5) is 3.99. The molecule has 0 aliphatic heterocycles. The van der Waals surface area contributed by atoms with Gasteiger partial charge in [0.05, 0.1) is 7.11 Å². The molecule has 0 saturated heterocycles. The summed E-state index contributed by atoms with van der Waals surface area (Å²) in [6.07, 6.45) is 1.68. The van der Waals surface area contributed by atoms with Crippen LogP contribution in [-0.2, 0) is 0 Å². The van der Waals surface area contributed by atoms with Gasteiger partial charge in [-0.15, -0.1) is 0 Å². The molecule has 0 bridgehead atoms. The van der Waals surface area contributed by atoms with Crippen LogP contribution < -0.4 is 4.74 Å². The first-order valence-electron chi connectivity index (χ1n) is 4.98. The fourth-order valence-corrected chi connectivity index (χ4v) is 1.81. The number of nitrogens with zero attached hydrogens (tertiary/aromatic N) is 1. The maximum absolute atomic E-state index is 5.97. The highest BCUT2D eigenvalue weighted by Crippen LogP contribution is 2.34. The molecule has 0 aliphatic carbocycles. The number of pyridine rings is 1. The van der Waals surface area contributed by atoms with Crippen molar-refractivity contribution in [1.29, 1.82) is 0 Å². The van der Waals surface area contributed by atoms with Gasteiger partial charge >= 0.3 is 0 Å². The third-order valence-corrected chi connectivity index (χ3v) is 2.70. The summed E-state index contributed by atoms with van der Waals surface area (Å²) in [5, 5.41) is 0.389. The Bertz CT molecular complexity index is 494. The summed E-state index contributed by atoms with van der Waals surface area (Å²) in [7, 11) is 1.60. The van der Waals surface area contributed by atoms with E-state index in [4.69, 9.17) is 16.3 Å². The monoisotopic (exact) mass is 233 g/mol. The van der Waals surface area contributed by atoms with Gasteiger partial charge < -0.3 is 4.74 Å². The molecule has 0 radical (unpaired) electrons. The second-order valence-electron chi connectivity index (χ2n) is 3.55. The molecule has 0 saturated carbocycles. The molecule has 0 spiro atoms. The van der Waals surface area contributed by atoms with E-state index in [-0.39, 0.29) is 0 Å². The first kappa shape index (κ1) is 11.0. The molecule has 2 nitrogen and oxygen atoms in total. The molecule has 2 aromatic rings. The number of aryl methyl sites for hydroxylation is 1. The Labute approximate surface area is 99.9 Å². The number of hydrogen-bond acceptors (Lipinski definition) is 2. The highest BCUT2D eigenvalue weighted by atomic mass is 35.5. The van der Waals surface area contributed by atoms with Gasteiger partial charge in [0, 0.05) is 11.8 Å². The minimum Gasteiger partial charge on any atom is -0.493 e. The van der Waals surface area contributed by atoms with Gasteiger partial charge in [-0.1, -0.05) is 41.4 Å². The largest absolute Gasteiger partial charge is 0.493 e. The first-order valence-corrected chi connectivity index (χ1v) is 5.35. The molecule has 1 aromatic heterocycles. The first-order chi connectivity index (χ1) is 7.72. The molecule has 16 heavy (non-hydrogen) atoms. The van der Waals surface area contributed by atoms with Crippen molar-refractivity contribution < 1.29 is 4.74 Å². The summed E-state index contributed by atoms with van der Waals surface area (Å²) in [6.45, 7) is 2.06. The lowest BCUT2D eigenvalue weighted by atomic mass is 10.0. The number of hydrogen-bond donors (Lipinski definition) is 0. The zero-order valence-corrected chi connectivity index (χ0v) is 9.95. The highest BCUT2D eigenvalue weighted by Gasteiger charge is 2.09. The van der Waals surface area contributed by atoms with Gasteiger partial charge in [-0.2, -0.15) is 0 Å². The van der Waals surface area contributed by atoms with Crippen LogP contribution in [0.5, 0.6) is 5.75 Å². The summed E-state index contributed by atoms with van der Waals surface area (Å²) in [5.74, 6) is 0.619. The molecule has 0 unspecified atom stereocenters. The molecule has 0 aliphatic rings. The van der Waals surface area contributed by atoms with E-state index in [1.165, 1.54) is 5.56 Å². The molecular formula is C13H12ClNO. The molecule has 0 N–H and O–H groups in total. The van der Waals surface area contributed by atoms with Gasteiger partial charge in [-0.25, -0.2) is 4.98 Å². The minimum atomic E-state index is 0.389. The average molecular weight is 234 g/mol. The van der Waals surface area contributed by atoms with Crippen LogP contribution in [0.2, 0.25) is 5.15 Å². The Morgan fingerprint density at radius 2 is 1.81 bits per heavy atom. The zero-order chi connectivity index (χ0) is 11.5. The second-order valence-corrected chi connectivity index (χ2v) is 3.91. The van der Waals surface area contributed by atoms with E-state index < -0.39 is 0 Å². The number of ether oxygens (including phenoxy) is 1. The fourth-order valence-electron chi connectivity index (χ4n) is 1.58. The standard InChI is InChI=1S/C13H12ClNO/c1-9-3-5-10(6-4-9)11-7-8-15-13(14)12(11)16-2/h3-8H,1-2H3. The molecule has 1 heterocycles. The van der Waals surface area contributed by atoms with E-state index >= 15 is 0 Å². The molecule has 0 fully saturated rings. The fraction of sp³-hybridized carbons (Fsp3) is 0.154. The second kappa shape index (κ2) is 4.54. The highest BCUT2D eigenvalue weighted by molar-refractivity contribution is 6.31. The summed E-state index contributed by atoms with van der Waals surface area (Å²) < 4.78 is 5.27. The molecule has 3 heteroatoms. The quantitative estimate of drug-likeness (QED) is 0.738. The Morgan fingerprint density at radius 1 is 1.12 bits per heavy atom. The van der Waals surface area contributed by atoms with Crippen LogP contribution in [0.15, 0.2) is 36.5 Å². The number of rotatable bonds is 2. The predicted molar refractivity (Wildman–Crippen MR) is 66.0 cm³/mol. The molecule has 0 atom stereocenters. The van der Waals surface area contributed by atoms with Crippen LogP contribution >= 0.6 is 11.6 Å². The van der Waals surface area contributed by atoms with Crippen molar-refractivity contribution in [3.05, 3.63) is 47.2 Å². The van der Waals surface area contributed by atoms with E-state index in [0.717, 1.165) is 11.1 Å². The van der Waals surface area contributed by atoms with Gasteiger partial charge in [-0.05, 0) is 18.6 Å². The van der Waals surface area contributed by atoms with Crippen molar-refractivity contribution in [2.45, 2.75) is 6.92 Å². The molecule has 82 valence electrons. The van der Waals surface area contributed by atoms with Crippen LogP contribution in [0.3, 0.4) is 0 Å². The summed E-state index contributed by atoms with van der Waals surface area (Å²) in [6, 6.07) is 10.1. The third kappa shape index (κ3) is 2.02. The van der Waals surface area contributed by atoms with Gasteiger partial charge in [0.15, 0.2) is 10.9 Å². The van der Waals surface area contributed by atoms with E-state index in [1.54, 1.807) is 13.3 Å².